The van der Waals surface area contributed by atoms with Crippen molar-refractivity contribution in [3.63, 3.8) is 0 Å². The Morgan fingerprint density at radius 2 is 1.11 bits per heavy atom. The maximum Gasteiger partial charge on any atom is 0.417 e. The summed E-state index contributed by atoms with van der Waals surface area (Å²) in [5.74, 6) is 0.230. The number of rotatable bonds is 11. The number of halogens is 6. The van der Waals surface area contributed by atoms with E-state index in [-0.39, 0.29) is 62.7 Å². The molecule has 388 valence electrons. The van der Waals surface area contributed by atoms with Gasteiger partial charge in [-0.25, -0.2) is 15.0 Å². The molecule has 0 saturated heterocycles. The van der Waals surface area contributed by atoms with Crippen LogP contribution in [-0.2, 0) is 12.4 Å². The van der Waals surface area contributed by atoms with Crippen molar-refractivity contribution in [1.82, 2.24) is 34.9 Å². The third-order valence-corrected chi connectivity index (χ3v) is 13.9. The van der Waals surface area contributed by atoms with Crippen LogP contribution in [0.15, 0.2) is 181 Å². The number of hydrogen-bond donors (Lipinski definition) is 1. The molecule has 0 atom stereocenters. The molecule has 0 bridgehead atoms. The van der Waals surface area contributed by atoms with E-state index in [1.165, 1.54) is 60.4 Å². The molecule has 0 radical (unpaired) electrons. The highest BCUT2D eigenvalue weighted by atomic mass is 32.1. The Kier molecular flexibility index (Phi) is 12.6. The molecule has 0 unspecified atom stereocenters. The van der Waals surface area contributed by atoms with E-state index in [9.17, 15) is 13.2 Å². The number of alkyl halides is 6. The van der Waals surface area contributed by atoms with Crippen LogP contribution in [0.1, 0.15) is 22.3 Å². The van der Waals surface area contributed by atoms with Gasteiger partial charge in [-0.15, -0.1) is 0 Å². The van der Waals surface area contributed by atoms with Crippen molar-refractivity contribution >= 4 is 49.7 Å². The molecule has 12 rings (SSSR count). The topological polar surface area (TPSA) is 144 Å². The van der Waals surface area contributed by atoms with Gasteiger partial charge in [0.1, 0.15) is 17.2 Å². The lowest BCUT2D eigenvalue weighted by Gasteiger charge is -2.19. The van der Waals surface area contributed by atoms with Crippen LogP contribution in [0, 0.1) is 13.8 Å². The Labute approximate surface area is 449 Å². The zero-order chi connectivity index (χ0) is 54.6. The van der Waals surface area contributed by atoms with Gasteiger partial charge in [-0.05, 0) is 138 Å². The molecule has 0 aliphatic rings. The largest absolute Gasteiger partial charge is 0.438 e. The van der Waals surface area contributed by atoms with Crippen molar-refractivity contribution in [3.05, 3.63) is 204 Å². The average Bonchev–Trinajstić information content (AvgIpc) is 4.08. The number of thiophene rings is 1. The molecule has 4 aromatic carbocycles. The van der Waals surface area contributed by atoms with Gasteiger partial charge in [0.05, 0.1) is 39.1 Å². The maximum absolute atomic E-state index is 15.5. The first-order chi connectivity index (χ1) is 38.1. The Bertz CT molecular complexity index is 4330. The average molecular weight is 1080 g/mol. The second kappa shape index (κ2) is 20.0. The Morgan fingerprint density at radius 1 is 0.468 bits per heavy atom. The van der Waals surface area contributed by atoms with Crippen LogP contribution in [0.3, 0.4) is 0 Å². The van der Waals surface area contributed by atoms with Gasteiger partial charge in [-0.2, -0.15) is 37.7 Å². The molecule has 0 aliphatic heterocycles. The number of aromatic nitrogens is 7. The lowest BCUT2D eigenvalue weighted by molar-refractivity contribution is -0.138. The zero-order valence-corrected chi connectivity index (χ0v) is 42.2. The third-order valence-electron chi connectivity index (χ3n) is 13.2. The predicted molar refractivity (Wildman–Crippen MR) is 292 cm³/mol. The van der Waals surface area contributed by atoms with E-state index in [2.05, 4.69) is 29.9 Å². The molecule has 0 amide bonds. The Hall–Kier alpha value is -9.81. The highest BCUT2D eigenvalue weighted by molar-refractivity contribution is 7.08. The minimum Gasteiger partial charge on any atom is -0.438 e. The number of nitrogens with zero attached hydrogens (tertiary/aromatic N) is 7. The molecule has 8 heterocycles. The Morgan fingerprint density at radius 3 is 1.76 bits per heavy atom. The second-order valence-corrected chi connectivity index (χ2v) is 19.2. The summed E-state index contributed by atoms with van der Waals surface area (Å²) in [5, 5.41) is 5.27. The molecular formula is C61H38F6N8O3S. The van der Waals surface area contributed by atoms with E-state index in [0.29, 0.717) is 55.3 Å². The van der Waals surface area contributed by atoms with Gasteiger partial charge in [0.15, 0.2) is 0 Å². The number of nitrogens with two attached hydrogens (primary N) is 1. The van der Waals surface area contributed by atoms with Crippen LogP contribution in [0.4, 0.5) is 32.0 Å². The number of fused-ring (bicyclic) bond motifs is 3. The van der Waals surface area contributed by atoms with Crippen molar-refractivity contribution < 1.29 is 40.6 Å². The van der Waals surface area contributed by atoms with E-state index < -0.39 is 23.5 Å². The lowest BCUT2D eigenvalue weighted by atomic mass is 9.95. The number of pyridine rings is 7. The highest BCUT2D eigenvalue weighted by Gasteiger charge is 2.37. The molecule has 12 aromatic rings. The monoisotopic (exact) mass is 1080 g/mol. The van der Waals surface area contributed by atoms with E-state index in [0.717, 1.165) is 40.5 Å². The minimum atomic E-state index is -4.93. The molecule has 2 N–H and O–H groups in total. The summed E-state index contributed by atoms with van der Waals surface area (Å²) in [7, 11) is 0. The second-order valence-electron chi connectivity index (χ2n) is 18.4. The molecule has 8 aromatic heterocycles. The summed E-state index contributed by atoms with van der Waals surface area (Å²) in [6, 6.07) is 34.7. The predicted octanol–water partition coefficient (Wildman–Crippen LogP) is 16.9. The number of hydrogen-bond acceptors (Lipinski definition) is 12. The summed E-state index contributed by atoms with van der Waals surface area (Å²) < 4.78 is 110. The van der Waals surface area contributed by atoms with Crippen LogP contribution < -0.4 is 19.9 Å². The van der Waals surface area contributed by atoms with Crippen molar-refractivity contribution in [2.24, 2.45) is 0 Å². The van der Waals surface area contributed by atoms with Crippen molar-refractivity contribution in [2.45, 2.75) is 26.2 Å². The third kappa shape index (κ3) is 10.2. The van der Waals surface area contributed by atoms with E-state index in [1.807, 2.05) is 32.0 Å². The van der Waals surface area contributed by atoms with Crippen molar-refractivity contribution in [2.75, 3.05) is 5.73 Å². The maximum atomic E-state index is 15.5. The first-order valence-corrected chi connectivity index (χ1v) is 25.2. The van der Waals surface area contributed by atoms with Crippen LogP contribution in [0.2, 0.25) is 0 Å². The number of anilines is 1. The highest BCUT2D eigenvalue weighted by Crippen LogP contribution is 2.48. The zero-order valence-electron chi connectivity index (χ0n) is 41.4. The normalized spacial score (nSPS) is 11.8. The SMILES string of the molecule is Cc1ccc(-c2cc(N)ccc2Oc2ccc3cnc(-c4cc(-c5cccnc5)c(Oc5ccc6cnc(-c7cc(C(F)(F)F)cc(Oc8ccc9cnccc9n8)c7-c7ccsc7)cc6n5)cc4C(F)(F)F)cc3n2)cc1C. The first kappa shape index (κ1) is 50.0. The van der Waals surface area contributed by atoms with Gasteiger partial charge in [0.2, 0.25) is 17.6 Å². The molecule has 79 heavy (non-hydrogen) atoms. The summed E-state index contributed by atoms with van der Waals surface area (Å²) in [6.45, 7) is 4.03. The fraction of sp³-hybridized carbons (Fsp3) is 0.0656. The van der Waals surface area contributed by atoms with Gasteiger partial charge in [-0.3, -0.25) is 19.9 Å². The van der Waals surface area contributed by atoms with Gasteiger partial charge < -0.3 is 19.9 Å². The summed E-state index contributed by atoms with van der Waals surface area (Å²) in [4.78, 5) is 31.4. The number of aryl methyl sites for hydroxylation is 2. The van der Waals surface area contributed by atoms with E-state index in [4.69, 9.17) is 24.9 Å². The minimum absolute atomic E-state index is 0.0376. The molecule has 0 spiro atoms. The fourth-order valence-corrected chi connectivity index (χ4v) is 9.79. The summed E-state index contributed by atoms with van der Waals surface area (Å²) in [6.07, 6.45) is -0.681. The van der Waals surface area contributed by atoms with Crippen molar-refractivity contribution in [3.8, 4) is 90.8 Å². The molecule has 0 saturated carbocycles. The van der Waals surface area contributed by atoms with Gasteiger partial charge in [-0.1, -0.05) is 24.3 Å². The molecule has 11 nitrogen and oxygen atoms in total. The van der Waals surface area contributed by atoms with Crippen LogP contribution >= 0.6 is 11.3 Å². The fourth-order valence-electron chi connectivity index (χ4n) is 9.14. The van der Waals surface area contributed by atoms with E-state index in [1.54, 1.807) is 96.0 Å². The Balaban J connectivity index is 0.927. The first-order valence-electron chi connectivity index (χ1n) is 24.3. The summed E-state index contributed by atoms with van der Waals surface area (Å²) >= 11 is 1.34. The lowest BCUT2D eigenvalue weighted by Crippen LogP contribution is -2.09. The number of benzene rings is 4. The van der Waals surface area contributed by atoms with E-state index >= 15 is 13.2 Å². The standard InChI is InChI=1S/C61H38F6N8O3S/c1-33-5-6-35(20-34(33)2)43-23-42(68)10-11-53(43)76-57-13-8-38-30-71-51(26-49(38)74-57)45-24-44(36-4-3-17-69-28-36)54(25-47(45)61(65,66)67)77-58-14-9-39-31-72-52(27-50(39)75-58)46-21-41(60(62,63)64)22-55(59(46)40-16-19-79-32-40)78-56-12-7-37-29-70-18-15-48(37)73-56/h3-32H,68H2,1-2H3. The van der Waals surface area contributed by atoms with Gasteiger partial charge in [0, 0.05) is 111 Å². The molecular weight excluding hydrogens is 1040 g/mol. The molecule has 0 fully saturated rings. The number of ether oxygens (including phenoxy) is 3. The van der Waals surface area contributed by atoms with Crippen LogP contribution in [-0.4, -0.2) is 34.9 Å². The molecule has 0 aliphatic carbocycles. The van der Waals surface area contributed by atoms with Crippen molar-refractivity contribution in [1.29, 1.82) is 0 Å². The van der Waals surface area contributed by atoms with Gasteiger partial charge >= 0.3 is 12.4 Å². The molecule has 18 heteroatoms. The van der Waals surface area contributed by atoms with Crippen LogP contribution in [0.5, 0.6) is 34.9 Å². The van der Waals surface area contributed by atoms with Crippen LogP contribution in [0.25, 0.3) is 88.6 Å². The number of nitrogen functional groups attached to an aromatic ring is 1. The quantitative estimate of drug-likeness (QED) is 0.0976. The van der Waals surface area contributed by atoms with Gasteiger partial charge in [0.25, 0.3) is 0 Å². The summed E-state index contributed by atoms with van der Waals surface area (Å²) in [5.41, 5.74) is 10.9. The smallest absolute Gasteiger partial charge is 0.417 e.